The van der Waals surface area contributed by atoms with Crippen LogP contribution in [0, 0.1) is 7.43 Å². The molecule has 2 nitrogen and oxygen atoms in total. The summed E-state index contributed by atoms with van der Waals surface area (Å²) in [5, 5.41) is 6.00. The van der Waals surface area contributed by atoms with Crippen molar-refractivity contribution in [2.45, 2.75) is 13.0 Å². The summed E-state index contributed by atoms with van der Waals surface area (Å²) in [5.41, 5.74) is 0. The van der Waals surface area contributed by atoms with Crippen LogP contribution in [0.1, 0.15) is 6.92 Å². The van der Waals surface area contributed by atoms with Crippen molar-refractivity contribution in [2.75, 3.05) is 12.8 Å². The van der Waals surface area contributed by atoms with Gasteiger partial charge in [0.2, 0.25) is 0 Å². The summed E-state index contributed by atoms with van der Waals surface area (Å²) < 4.78 is 1.19. The molecule has 0 bridgehead atoms. The third-order valence-corrected chi connectivity index (χ3v) is 2.50. The normalized spacial score (nSPS) is 10.1. The maximum Gasteiger partial charge on any atom is 2.00 e. The van der Waals surface area contributed by atoms with Crippen molar-refractivity contribution in [2.24, 2.45) is 0 Å². The maximum atomic E-state index is 4.98. The van der Waals surface area contributed by atoms with Crippen LogP contribution < -0.4 is 10.6 Å². The van der Waals surface area contributed by atoms with Gasteiger partial charge in [0.25, 0.3) is 0 Å². The standard InChI is InChI=1S/C6H12N2S4.CH3.Zn/c1-4(3-7-5(9)10)8-6(11)12-2;;/h4H,3H2,1-2H3,(H,8,11)(H2,7,9,10);1H3;/q;-1;+2/p-1. The van der Waals surface area contributed by atoms with E-state index < -0.39 is 0 Å². The van der Waals surface area contributed by atoms with Crippen molar-refractivity contribution in [1.82, 2.24) is 10.6 Å². The van der Waals surface area contributed by atoms with Gasteiger partial charge in [0.1, 0.15) is 4.32 Å². The number of thiocarbonyl (C=S) groups is 2. The zero-order valence-electron chi connectivity index (χ0n) is 8.62. The van der Waals surface area contributed by atoms with Crippen LogP contribution in [0.5, 0.6) is 0 Å². The molecule has 0 aromatic heterocycles. The Kier molecular flexibility index (Phi) is 17.5. The summed E-state index contributed by atoms with van der Waals surface area (Å²) >= 11 is 15.9. The Morgan fingerprint density at radius 3 is 2.36 bits per heavy atom. The van der Waals surface area contributed by atoms with Crippen molar-refractivity contribution in [1.29, 1.82) is 0 Å². The first kappa shape index (κ1) is 20.4. The summed E-state index contributed by atoms with van der Waals surface area (Å²) in [6.07, 6.45) is 1.94. The fourth-order valence-electron chi connectivity index (χ4n) is 0.548. The van der Waals surface area contributed by atoms with Gasteiger partial charge in [-0.15, -0.1) is 11.8 Å². The molecular formula is C7H14N2S4Zn. The van der Waals surface area contributed by atoms with Gasteiger partial charge in [-0.3, -0.25) is 0 Å². The monoisotopic (exact) mass is 318 g/mol. The fourth-order valence-corrected chi connectivity index (χ4v) is 1.23. The van der Waals surface area contributed by atoms with Gasteiger partial charge >= 0.3 is 19.5 Å². The first-order chi connectivity index (χ1) is 5.56. The van der Waals surface area contributed by atoms with Crippen LogP contribution in [0.15, 0.2) is 0 Å². The van der Waals surface area contributed by atoms with E-state index in [2.05, 4.69) is 10.6 Å². The second-order valence-corrected chi connectivity index (χ2v) is 4.76. The van der Waals surface area contributed by atoms with Gasteiger partial charge in [0, 0.05) is 12.6 Å². The molecular weight excluding hydrogens is 306 g/mol. The SMILES string of the molecule is CSC(=S)NC(C)CNC(=S)[S-].[CH3-].[Zn+2]. The first-order valence-electron chi connectivity index (χ1n) is 3.35. The maximum absolute atomic E-state index is 4.98. The minimum Gasteiger partial charge on any atom is -0.412 e. The number of rotatable bonds is 3. The molecule has 1 unspecified atom stereocenters. The molecule has 0 rings (SSSR count). The quantitative estimate of drug-likeness (QED) is 0.354. The molecule has 0 aliphatic carbocycles. The van der Waals surface area contributed by atoms with E-state index in [1.807, 2.05) is 13.2 Å². The van der Waals surface area contributed by atoms with Crippen molar-refractivity contribution in [3.8, 4) is 0 Å². The van der Waals surface area contributed by atoms with Crippen LogP contribution in [-0.4, -0.2) is 27.5 Å². The van der Waals surface area contributed by atoms with E-state index in [4.69, 9.17) is 37.1 Å². The van der Waals surface area contributed by atoms with Crippen LogP contribution >= 0.6 is 36.2 Å². The zero-order valence-corrected chi connectivity index (χ0v) is 14.9. The molecule has 2 N–H and O–H groups in total. The molecule has 0 saturated carbocycles. The minimum absolute atomic E-state index is 0. The summed E-state index contributed by atoms with van der Waals surface area (Å²) in [5.74, 6) is 0. The van der Waals surface area contributed by atoms with E-state index in [0.29, 0.717) is 10.9 Å². The molecule has 1 atom stereocenters. The molecule has 7 heteroatoms. The smallest absolute Gasteiger partial charge is 0.412 e. The topological polar surface area (TPSA) is 24.1 Å². The Balaban J connectivity index is -0.000000605. The zero-order chi connectivity index (χ0) is 9.56. The average Bonchev–Trinajstić information content (AvgIpc) is 2.00. The van der Waals surface area contributed by atoms with Gasteiger partial charge in [-0.25, -0.2) is 0 Å². The van der Waals surface area contributed by atoms with Crippen LogP contribution in [0.2, 0.25) is 0 Å². The molecule has 0 spiro atoms. The average molecular weight is 320 g/mol. The van der Waals surface area contributed by atoms with E-state index in [1.165, 1.54) is 11.8 Å². The van der Waals surface area contributed by atoms with Crippen molar-refractivity contribution in [3.63, 3.8) is 0 Å². The van der Waals surface area contributed by atoms with Gasteiger partial charge < -0.3 is 42.9 Å². The molecule has 0 fully saturated rings. The Labute approximate surface area is 120 Å². The predicted octanol–water partition coefficient (Wildman–Crippen LogP) is 1.48. The number of hydrogen-bond donors (Lipinski definition) is 2. The second-order valence-electron chi connectivity index (χ2n) is 2.21. The largest absolute Gasteiger partial charge is 2.00 e. The number of nitrogens with one attached hydrogen (secondary N) is 2. The van der Waals surface area contributed by atoms with E-state index >= 15 is 0 Å². The third kappa shape index (κ3) is 13.0. The Hall–Kier alpha value is 0.973. The van der Waals surface area contributed by atoms with Crippen LogP contribution in [-0.2, 0) is 32.1 Å². The Bertz CT molecular complexity index is 177. The third-order valence-electron chi connectivity index (χ3n) is 1.10. The number of thioether (sulfide) groups is 1. The molecule has 14 heavy (non-hydrogen) atoms. The van der Waals surface area contributed by atoms with Crippen LogP contribution in [0.25, 0.3) is 0 Å². The molecule has 0 aliphatic heterocycles. The van der Waals surface area contributed by atoms with Crippen molar-refractivity contribution in [3.05, 3.63) is 7.43 Å². The summed E-state index contributed by atoms with van der Waals surface area (Å²) in [7, 11) is 0. The van der Waals surface area contributed by atoms with E-state index in [-0.39, 0.29) is 32.9 Å². The van der Waals surface area contributed by atoms with Gasteiger partial charge in [0.15, 0.2) is 0 Å². The van der Waals surface area contributed by atoms with Crippen molar-refractivity contribution < 1.29 is 19.5 Å². The molecule has 78 valence electrons. The molecule has 0 aliphatic rings. The van der Waals surface area contributed by atoms with Gasteiger partial charge in [-0.05, 0) is 13.2 Å². The van der Waals surface area contributed by atoms with Crippen molar-refractivity contribution >= 4 is 57.5 Å². The second kappa shape index (κ2) is 12.0. The van der Waals surface area contributed by atoms with Crippen LogP contribution in [0.4, 0.5) is 0 Å². The fraction of sp³-hybridized carbons (Fsp3) is 0.571. The summed E-state index contributed by atoms with van der Waals surface area (Å²) in [6, 6.07) is 0.255. The van der Waals surface area contributed by atoms with Gasteiger partial charge in [0.05, 0.1) is 0 Å². The molecule has 0 heterocycles. The molecule has 0 amide bonds. The molecule has 0 radical (unpaired) electrons. The predicted molar refractivity (Wildman–Crippen MR) is 73.1 cm³/mol. The Morgan fingerprint density at radius 2 is 2.00 bits per heavy atom. The van der Waals surface area contributed by atoms with Gasteiger partial charge in [-0.2, -0.15) is 0 Å². The van der Waals surface area contributed by atoms with E-state index in [0.717, 1.165) is 4.32 Å². The summed E-state index contributed by atoms with van der Waals surface area (Å²) in [4.78, 5) is 0. The molecule has 0 aromatic carbocycles. The summed E-state index contributed by atoms with van der Waals surface area (Å²) in [6.45, 7) is 2.73. The minimum atomic E-state index is 0. The van der Waals surface area contributed by atoms with E-state index in [1.54, 1.807) is 0 Å². The first-order valence-corrected chi connectivity index (χ1v) is 5.80. The molecule has 0 saturated heterocycles. The van der Waals surface area contributed by atoms with E-state index in [9.17, 15) is 0 Å². The van der Waals surface area contributed by atoms with Crippen LogP contribution in [0.3, 0.4) is 0 Å². The Morgan fingerprint density at radius 1 is 1.50 bits per heavy atom. The van der Waals surface area contributed by atoms with Gasteiger partial charge in [-0.1, -0.05) is 16.5 Å². The molecule has 0 aromatic rings. The number of hydrogen-bond acceptors (Lipinski definition) is 4.